The minimum atomic E-state index is -0.802. The standard InChI is InChI=1S/C20H21N3O3/c24-15(12-23-20(25)17-8-4-10-21-18(17)11-22-23)13-26-19-9-3-6-14-5-1-2-7-16(14)19/h1-2,4-5,7-8,10-11,15,19,24H,3,6,9,12-13H2/t15-,19-/m0/s1. The van der Waals surface area contributed by atoms with Crippen LogP contribution in [-0.4, -0.2) is 32.6 Å². The van der Waals surface area contributed by atoms with Crippen molar-refractivity contribution in [2.75, 3.05) is 6.61 Å². The molecule has 1 aliphatic carbocycles. The lowest BCUT2D eigenvalue weighted by Crippen LogP contribution is -2.31. The number of aromatic nitrogens is 3. The molecule has 2 aromatic heterocycles. The molecule has 0 fully saturated rings. The fourth-order valence-corrected chi connectivity index (χ4v) is 3.51. The molecule has 1 aliphatic rings. The first kappa shape index (κ1) is 16.9. The van der Waals surface area contributed by atoms with Crippen LogP contribution in [0.3, 0.4) is 0 Å². The summed E-state index contributed by atoms with van der Waals surface area (Å²) >= 11 is 0. The molecule has 1 aromatic carbocycles. The third-order valence-electron chi connectivity index (χ3n) is 4.81. The normalized spacial score (nSPS) is 17.8. The van der Waals surface area contributed by atoms with E-state index in [4.69, 9.17) is 4.74 Å². The van der Waals surface area contributed by atoms with Gasteiger partial charge in [-0.25, -0.2) is 4.68 Å². The largest absolute Gasteiger partial charge is 0.389 e. The third kappa shape index (κ3) is 3.38. The van der Waals surface area contributed by atoms with E-state index in [9.17, 15) is 9.90 Å². The van der Waals surface area contributed by atoms with E-state index in [1.165, 1.54) is 15.8 Å². The Morgan fingerprint density at radius 2 is 2.15 bits per heavy atom. The molecule has 3 aromatic rings. The van der Waals surface area contributed by atoms with Gasteiger partial charge in [0, 0.05) is 6.20 Å². The molecule has 0 spiro atoms. The van der Waals surface area contributed by atoms with Crippen LogP contribution in [0, 0.1) is 0 Å². The van der Waals surface area contributed by atoms with Crippen molar-refractivity contribution in [1.29, 1.82) is 0 Å². The molecule has 0 radical (unpaired) electrons. The van der Waals surface area contributed by atoms with Crippen LogP contribution in [-0.2, 0) is 17.7 Å². The molecule has 0 saturated heterocycles. The lowest BCUT2D eigenvalue weighted by atomic mass is 9.89. The fourth-order valence-electron chi connectivity index (χ4n) is 3.51. The summed E-state index contributed by atoms with van der Waals surface area (Å²) in [7, 11) is 0. The lowest BCUT2D eigenvalue weighted by molar-refractivity contribution is -0.0239. The molecular formula is C20H21N3O3. The first-order chi connectivity index (χ1) is 12.7. The first-order valence-electron chi connectivity index (χ1n) is 8.90. The zero-order valence-electron chi connectivity index (χ0n) is 14.4. The zero-order chi connectivity index (χ0) is 17.9. The van der Waals surface area contributed by atoms with Crippen LogP contribution >= 0.6 is 0 Å². The average molecular weight is 351 g/mol. The molecule has 134 valence electrons. The minimum Gasteiger partial charge on any atom is -0.389 e. The third-order valence-corrected chi connectivity index (χ3v) is 4.81. The zero-order valence-corrected chi connectivity index (χ0v) is 14.4. The molecule has 2 heterocycles. The highest BCUT2D eigenvalue weighted by molar-refractivity contribution is 5.75. The van der Waals surface area contributed by atoms with E-state index in [2.05, 4.69) is 22.2 Å². The number of hydrogen-bond acceptors (Lipinski definition) is 5. The monoisotopic (exact) mass is 351 g/mol. The van der Waals surface area contributed by atoms with E-state index in [-0.39, 0.29) is 24.8 Å². The van der Waals surface area contributed by atoms with Crippen LogP contribution in [0.4, 0.5) is 0 Å². The Balaban J connectivity index is 1.43. The number of fused-ring (bicyclic) bond motifs is 2. The number of aliphatic hydroxyl groups excluding tert-OH is 1. The van der Waals surface area contributed by atoms with Crippen molar-refractivity contribution in [2.45, 2.75) is 38.0 Å². The van der Waals surface area contributed by atoms with Crippen molar-refractivity contribution >= 4 is 10.9 Å². The van der Waals surface area contributed by atoms with E-state index in [0.29, 0.717) is 10.9 Å². The van der Waals surface area contributed by atoms with Gasteiger partial charge in [-0.15, -0.1) is 0 Å². The van der Waals surface area contributed by atoms with E-state index in [1.54, 1.807) is 24.5 Å². The molecular weight excluding hydrogens is 330 g/mol. The van der Waals surface area contributed by atoms with E-state index < -0.39 is 6.10 Å². The summed E-state index contributed by atoms with van der Waals surface area (Å²) in [5.41, 5.74) is 2.83. The minimum absolute atomic E-state index is 0.0000784. The van der Waals surface area contributed by atoms with Crippen molar-refractivity contribution < 1.29 is 9.84 Å². The van der Waals surface area contributed by atoms with Crippen LogP contribution < -0.4 is 5.56 Å². The maximum atomic E-state index is 12.4. The highest BCUT2D eigenvalue weighted by atomic mass is 16.5. The summed E-state index contributed by atoms with van der Waals surface area (Å²) in [6.45, 7) is 0.260. The smallest absolute Gasteiger partial charge is 0.276 e. The predicted molar refractivity (Wildman–Crippen MR) is 97.9 cm³/mol. The Kier molecular flexibility index (Phi) is 4.77. The Morgan fingerprint density at radius 3 is 3.08 bits per heavy atom. The fraction of sp³-hybridized carbons (Fsp3) is 0.350. The molecule has 26 heavy (non-hydrogen) atoms. The summed E-state index contributed by atoms with van der Waals surface area (Å²) in [5.74, 6) is 0. The number of rotatable bonds is 5. The SMILES string of the molecule is O=c1c2cccnc2cnn1C[C@H](O)CO[C@H]1CCCc2ccccc21. The summed E-state index contributed by atoms with van der Waals surface area (Å²) in [5, 5.41) is 14.9. The van der Waals surface area contributed by atoms with Gasteiger partial charge in [0.05, 0.1) is 42.5 Å². The maximum Gasteiger partial charge on any atom is 0.276 e. The van der Waals surface area contributed by atoms with Crippen molar-refractivity contribution in [3.05, 3.63) is 70.3 Å². The number of pyridine rings is 1. The quantitative estimate of drug-likeness (QED) is 0.763. The van der Waals surface area contributed by atoms with Gasteiger partial charge < -0.3 is 9.84 Å². The average Bonchev–Trinajstić information content (AvgIpc) is 2.69. The van der Waals surface area contributed by atoms with Gasteiger partial charge in [-0.05, 0) is 42.5 Å². The number of nitrogens with zero attached hydrogens (tertiary/aromatic N) is 3. The van der Waals surface area contributed by atoms with Gasteiger partial charge >= 0.3 is 0 Å². The van der Waals surface area contributed by atoms with Gasteiger partial charge in [-0.2, -0.15) is 5.10 Å². The summed E-state index contributed by atoms with van der Waals surface area (Å²) in [4.78, 5) is 16.6. The van der Waals surface area contributed by atoms with Crippen LogP contribution in [0.2, 0.25) is 0 Å². The Morgan fingerprint density at radius 1 is 1.27 bits per heavy atom. The van der Waals surface area contributed by atoms with Crippen LogP contribution in [0.1, 0.15) is 30.1 Å². The van der Waals surface area contributed by atoms with Crippen molar-refractivity contribution in [1.82, 2.24) is 14.8 Å². The topological polar surface area (TPSA) is 77.2 Å². The number of benzene rings is 1. The summed E-state index contributed by atoms with van der Waals surface area (Å²) in [6.07, 6.45) is 5.46. The number of hydrogen-bond donors (Lipinski definition) is 1. The van der Waals surface area contributed by atoms with Gasteiger partial charge in [0.1, 0.15) is 0 Å². The van der Waals surface area contributed by atoms with E-state index in [1.807, 2.05) is 12.1 Å². The lowest BCUT2D eigenvalue weighted by Gasteiger charge is -2.26. The maximum absolute atomic E-state index is 12.4. The molecule has 0 saturated carbocycles. The molecule has 1 N–H and O–H groups in total. The van der Waals surface area contributed by atoms with Crippen LogP contribution in [0.15, 0.2) is 53.6 Å². The first-order valence-corrected chi connectivity index (χ1v) is 8.90. The van der Waals surface area contributed by atoms with Crippen LogP contribution in [0.25, 0.3) is 10.9 Å². The van der Waals surface area contributed by atoms with Crippen molar-refractivity contribution in [3.63, 3.8) is 0 Å². The number of aryl methyl sites for hydroxylation is 1. The molecule has 0 bridgehead atoms. The molecule has 6 heteroatoms. The second-order valence-electron chi connectivity index (χ2n) is 6.63. The van der Waals surface area contributed by atoms with Gasteiger partial charge in [-0.1, -0.05) is 24.3 Å². The molecule has 0 unspecified atom stereocenters. The molecule has 2 atom stereocenters. The highest BCUT2D eigenvalue weighted by Crippen LogP contribution is 2.32. The highest BCUT2D eigenvalue weighted by Gasteiger charge is 2.21. The van der Waals surface area contributed by atoms with Crippen LogP contribution in [0.5, 0.6) is 0 Å². The molecule has 4 rings (SSSR count). The van der Waals surface area contributed by atoms with Crippen molar-refractivity contribution in [3.8, 4) is 0 Å². The second kappa shape index (κ2) is 7.35. The van der Waals surface area contributed by atoms with Gasteiger partial charge in [0.15, 0.2) is 0 Å². The Hall–Kier alpha value is -2.57. The molecule has 6 nitrogen and oxygen atoms in total. The number of aliphatic hydroxyl groups is 1. The second-order valence-corrected chi connectivity index (χ2v) is 6.63. The summed E-state index contributed by atoms with van der Waals surface area (Å²) in [6, 6.07) is 11.7. The molecule has 0 amide bonds. The Labute approximate surface area is 151 Å². The van der Waals surface area contributed by atoms with Gasteiger partial charge in [0.2, 0.25) is 0 Å². The number of ether oxygens (including phenoxy) is 1. The Bertz CT molecular complexity index is 970. The van der Waals surface area contributed by atoms with Crippen molar-refractivity contribution in [2.24, 2.45) is 0 Å². The van der Waals surface area contributed by atoms with Gasteiger partial charge in [-0.3, -0.25) is 9.78 Å². The molecule has 0 aliphatic heterocycles. The van der Waals surface area contributed by atoms with Gasteiger partial charge in [0.25, 0.3) is 5.56 Å². The van der Waals surface area contributed by atoms with E-state index >= 15 is 0 Å². The van der Waals surface area contributed by atoms with E-state index in [0.717, 1.165) is 19.3 Å². The summed E-state index contributed by atoms with van der Waals surface area (Å²) < 4.78 is 7.24. The predicted octanol–water partition coefficient (Wildman–Crippen LogP) is 2.25.